The van der Waals surface area contributed by atoms with Crippen molar-refractivity contribution in [2.75, 3.05) is 0 Å². The van der Waals surface area contributed by atoms with Crippen LogP contribution in [0.2, 0.25) is 0 Å². The van der Waals surface area contributed by atoms with Gasteiger partial charge in [-0.05, 0) is 65.6 Å². The SMILES string of the molecule is C=c1[nH]c(=O)c2ccc3c(=O)n(-c4ccc(Cc5ccc(C(C)(C)C)cc5)cc4)/c(=C\C)c4ccc1c2c34.CC.CCC(C)C. The van der Waals surface area contributed by atoms with Gasteiger partial charge >= 0.3 is 0 Å². The highest BCUT2D eigenvalue weighted by atomic mass is 16.1. The number of benzene rings is 4. The summed E-state index contributed by atoms with van der Waals surface area (Å²) in [6, 6.07) is 24.6. The number of nitrogens with one attached hydrogen (secondary N) is 1. The molecule has 1 N–H and O–H groups in total. The van der Waals surface area contributed by atoms with E-state index in [-0.39, 0.29) is 16.5 Å². The number of aromatic nitrogens is 2. The first kappa shape index (κ1) is 33.5. The Bertz CT molecular complexity index is 2110. The van der Waals surface area contributed by atoms with Crippen LogP contribution in [0.1, 0.15) is 85.4 Å². The van der Waals surface area contributed by atoms with Gasteiger partial charge in [0.25, 0.3) is 11.1 Å². The summed E-state index contributed by atoms with van der Waals surface area (Å²) in [5, 5.41) is 5.96. The molecule has 4 heteroatoms. The van der Waals surface area contributed by atoms with Crippen molar-refractivity contribution in [2.45, 2.75) is 80.6 Å². The molecule has 45 heavy (non-hydrogen) atoms. The van der Waals surface area contributed by atoms with E-state index < -0.39 is 0 Å². The Hall–Kier alpha value is -4.44. The molecule has 0 aliphatic carbocycles. The first-order valence-electron chi connectivity index (χ1n) is 16.2. The molecule has 0 amide bonds. The number of hydrogen-bond donors (Lipinski definition) is 1. The van der Waals surface area contributed by atoms with Crippen molar-refractivity contribution in [1.82, 2.24) is 9.55 Å². The van der Waals surface area contributed by atoms with E-state index in [1.807, 2.05) is 51.1 Å². The summed E-state index contributed by atoms with van der Waals surface area (Å²) in [6.45, 7) is 23.3. The summed E-state index contributed by atoms with van der Waals surface area (Å²) < 4.78 is 1.78. The molecular weight excluding hydrogens is 552 g/mol. The van der Waals surface area contributed by atoms with Gasteiger partial charge in [-0.15, -0.1) is 0 Å². The van der Waals surface area contributed by atoms with Crippen LogP contribution in [-0.2, 0) is 11.8 Å². The van der Waals surface area contributed by atoms with Crippen LogP contribution >= 0.6 is 0 Å². The van der Waals surface area contributed by atoms with Gasteiger partial charge in [0, 0.05) is 43.4 Å². The maximum Gasteiger partial charge on any atom is 0.263 e. The van der Waals surface area contributed by atoms with Gasteiger partial charge in [0.1, 0.15) is 0 Å². The average Bonchev–Trinajstić information content (AvgIpc) is 3.03. The van der Waals surface area contributed by atoms with Gasteiger partial charge in [-0.3, -0.25) is 14.2 Å². The second kappa shape index (κ2) is 13.7. The first-order chi connectivity index (χ1) is 21.4. The van der Waals surface area contributed by atoms with E-state index in [0.29, 0.717) is 16.1 Å². The van der Waals surface area contributed by atoms with Crippen LogP contribution in [0.4, 0.5) is 0 Å². The van der Waals surface area contributed by atoms with Crippen molar-refractivity contribution in [3.63, 3.8) is 0 Å². The molecule has 0 fully saturated rings. The lowest BCUT2D eigenvalue weighted by molar-refractivity contribution is 0.590. The van der Waals surface area contributed by atoms with E-state index in [2.05, 4.69) is 89.5 Å². The Morgan fingerprint density at radius 2 is 1.27 bits per heavy atom. The van der Waals surface area contributed by atoms with Crippen molar-refractivity contribution in [3.8, 4) is 5.69 Å². The number of hydrogen-bond acceptors (Lipinski definition) is 2. The van der Waals surface area contributed by atoms with E-state index in [4.69, 9.17) is 0 Å². The predicted molar refractivity (Wildman–Crippen MR) is 196 cm³/mol. The number of nitrogens with zero attached hydrogens (tertiary/aromatic N) is 1. The van der Waals surface area contributed by atoms with Crippen LogP contribution in [0, 0.1) is 5.92 Å². The number of H-pyrrole nitrogens is 1. The zero-order valence-corrected chi connectivity index (χ0v) is 28.5. The fraction of sp³-hybridized carbons (Fsp3) is 0.317. The highest BCUT2D eigenvalue weighted by Crippen LogP contribution is 2.29. The van der Waals surface area contributed by atoms with E-state index >= 15 is 0 Å². The molecule has 2 aromatic heterocycles. The molecular formula is C41H48N2O2. The molecule has 6 rings (SSSR count). The summed E-state index contributed by atoms with van der Waals surface area (Å²) in [4.78, 5) is 29.4. The van der Waals surface area contributed by atoms with Crippen LogP contribution in [0.25, 0.3) is 50.7 Å². The minimum absolute atomic E-state index is 0.101. The van der Waals surface area contributed by atoms with E-state index in [9.17, 15) is 9.59 Å². The number of rotatable bonds is 4. The topological polar surface area (TPSA) is 54.9 Å². The monoisotopic (exact) mass is 600 g/mol. The van der Waals surface area contributed by atoms with Crippen LogP contribution in [0.5, 0.6) is 0 Å². The van der Waals surface area contributed by atoms with Crippen molar-refractivity contribution in [2.24, 2.45) is 5.92 Å². The van der Waals surface area contributed by atoms with Gasteiger partial charge in [-0.1, -0.05) is 123 Å². The van der Waals surface area contributed by atoms with Crippen molar-refractivity contribution in [3.05, 3.63) is 121 Å². The minimum Gasteiger partial charge on any atom is -0.322 e. The highest BCUT2D eigenvalue weighted by Gasteiger charge is 2.17. The second-order valence-corrected chi connectivity index (χ2v) is 12.9. The molecule has 4 aromatic carbocycles. The molecule has 0 aliphatic rings. The van der Waals surface area contributed by atoms with Gasteiger partial charge in [-0.2, -0.15) is 0 Å². The second-order valence-electron chi connectivity index (χ2n) is 12.9. The molecule has 0 unspecified atom stereocenters. The Kier molecular flexibility index (Phi) is 10.2. The summed E-state index contributed by atoms with van der Waals surface area (Å²) in [5.41, 5.74) is 4.43. The Morgan fingerprint density at radius 3 is 1.80 bits per heavy atom. The average molecular weight is 601 g/mol. The van der Waals surface area contributed by atoms with Crippen molar-refractivity contribution < 1.29 is 0 Å². The maximum atomic E-state index is 13.9. The van der Waals surface area contributed by atoms with Gasteiger partial charge in [0.05, 0.1) is 5.35 Å². The van der Waals surface area contributed by atoms with Crippen molar-refractivity contribution >= 4 is 45.0 Å². The largest absolute Gasteiger partial charge is 0.322 e. The van der Waals surface area contributed by atoms with Gasteiger partial charge < -0.3 is 4.98 Å². The molecule has 0 aliphatic heterocycles. The molecule has 0 bridgehead atoms. The van der Waals surface area contributed by atoms with Gasteiger partial charge in [0.15, 0.2) is 0 Å². The van der Waals surface area contributed by atoms with Crippen LogP contribution in [0.3, 0.4) is 0 Å². The van der Waals surface area contributed by atoms with Gasteiger partial charge in [-0.25, -0.2) is 0 Å². The lowest BCUT2D eigenvalue weighted by atomic mass is 9.86. The third kappa shape index (κ3) is 6.66. The molecule has 0 radical (unpaired) electrons. The van der Waals surface area contributed by atoms with Crippen LogP contribution in [-0.4, -0.2) is 9.55 Å². The Balaban J connectivity index is 0.000000602. The molecule has 0 saturated heterocycles. The van der Waals surface area contributed by atoms with E-state index in [0.717, 1.165) is 44.9 Å². The van der Waals surface area contributed by atoms with E-state index in [1.165, 1.54) is 23.1 Å². The Morgan fingerprint density at radius 1 is 0.778 bits per heavy atom. The summed E-state index contributed by atoms with van der Waals surface area (Å²) >= 11 is 0. The zero-order chi connectivity index (χ0) is 33.1. The standard InChI is InChI=1S/C34H30N2O2.C5H12.C2H6/c1-6-29-26-16-15-25-20(2)35-32(37)27-17-18-28(31(26)30(25)27)33(38)36(29)24-13-9-22(10-14-24)19-21-7-11-23(12-8-21)34(3,4)5;1-4-5(2)3;1-2/h6-18H,2,19H2,1,3-5H3,(H,35,37);5H,4H2,1-3H3;1-2H3/b29-6-;;. The van der Waals surface area contributed by atoms with Gasteiger partial charge in [0.2, 0.25) is 0 Å². The van der Waals surface area contributed by atoms with Crippen LogP contribution < -0.4 is 21.8 Å². The molecule has 0 saturated carbocycles. The van der Waals surface area contributed by atoms with E-state index in [1.54, 1.807) is 16.7 Å². The molecule has 0 atom stereocenters. The number of aromatic amines is 1. The lowest BCUT2D eigenvalue weighted by Crippen LogP contribution is -2.33. The zero-order valence-electron chi connectivity index (χ0n) is 28.5. The fourth-order valence-electron chi connectivity index (χ4n) is 5.61. The maximum absolute atomic E-state index is 13.9. The minimum atomic E-state index is -0.188. The molecule has 234 valence electrons. The highest BCUT2D eigenvalue weighted by molar-refractivity contribution is 6.22. The fourth-order valence-corrected chi connectivity index (χ4v) is 5.61. The summed E-state index contributed by atoms with van der Waals surface area (Å²) in [7, 11) is 0. The van der Waals surface area contributed by atoms with Crippen LogP contribution in [0.15, 0.2) is 82.4 Å². The van der Waals surface area contributed by atoms with Crippen molar-refractivity contribution in [1.29, 1.82) is 0 Å². The lowest BCUT2D eigenvalue weighted by Gasteiger charge is -2.19. The molecule has 2 heterocycles. The predicted octanol–water partition coefficient (Wildman–Crippen LogP) is 8.60. The smallest absolute Gasteiger partial charge is 0.263 e. The molecule has 4 nitrogen and oxygen atoms in total. The first-order valence-corrected chi connectivity index (χ1v) is 16.2. The summed E-state index contributed by atoms with van der Waals surface area (Å²) in [6.07, 6.45) is 4.10. The third-order valence-corrected chi connectivity index (χ3v) is 8.46. The Labute approximate surface area is 267 Å². The third-order valence-electron chi connectivity index (χ3n) is 8.46. The quantitative estimate of drug-likeness (QED) is 0.206. The molecule has 0 spiro atoms. The normalized spacial score (nSPS) is 12.0. The summed E-state index contributed by atoms with van der Waals surface area (Å²) in [5.74, 6) is 0.884. The number of pyridine rings is 2. The molecule has 6 aromatic rings.